The lowest BCUT2D eigenvalue weighted by molar-refractivity contribution is -0.136. The smallest absolute Gasteiger partial charge is 0.304 e. The van der Waals surface area contributed by atoms with Gasteiger partial charge in [0.2, 0.25) is 10.0 Å². The minimum Gasteiger partial charge on any atom is -0.481 e. The molecule has 100 valence electrons. The average Bonchev–Trinajstić information content (AvgIpc) is 2.29. The number of carboxylic acid groups (broad SMARTS) is 1. The molecule has 1 rings (SSSR count). The van der Waals surface area contributed by atoms with Crippen molar-refractivity contribution >= 4 is 21.7 Å². The molecule has 0 aliphatic heterocycles. The van der Waals surface area contributed by atoms with Crippen molar-refractivity contribution in [1.29, 1.82) is 0 Å². The summed E-state index contributed by atoms with van der Waals surface area (Å²) in [4.78, 5) is 14.1. The Kier molecular flexibility index (Phi) is 5.05. The number of sulfonamides is 1. The highest BCUT2D eigenvalue weighted by Gasteiger charge is 2.14. The second kappa shape index (κ2) is 6.31. The first kappa shape index (κ1) is 14.4. The van der Waals surface area contributed by atoms with E-state index < -0.39 is 16.0 Å². The Bertz CT molecular complexity index is 516. The zero-order valence-corrected chi connectivity index (χ0v) is 10.7. The van der Waals surface area contributed by atoms with E-state index in [-0.39, 0.29) is 17.9 Å². The van der Waals surface area contributed by atoms with Gasteiger partial charge in [-0.2, -0.15) is 0 Å². The fourth-order valence-corrected chi connectivity index (χ4v) is 2.26. The molecule has 1 aromatic rings. The van der Waals surface area contributed by atoms with E-state index in [2.05, 4.69) is 15.0 Å². The van der Waals surface area contributed by atoms with Crippen molar-refractivity contribution in [3.05, 3.63) is 18.5 Å². The lowest BCUT2D eigenvalue weighted by atomic mass is 10.4. The second-order valence-corrected chi connectivity index (χ2v) is 5.25. The highest BCUT2D eigenvalue weighted by atomic mass is 32.2. The van der Waals surface area contributed by atoms with Crippen molar-refractivity contribution < 1.29 is 18.3 Å². The molecule has 0 unspecified atom stereocenters. The maximum atomic E-state index is 11.8. The quantitative estimate of drug-likeness (QED) is 0.658. The molecule has 18 heavy (non-hydrogen) atoms. The molecule has 7 nitrogen and oxygen atoms in total. The van der Waals surface area contributed by atoms with Crippen LogP contribution in [0.3, 0.4) is 0 Å². The molecule has 1 heterocycles. The van der Waals surface area contributed by atoms with Gasteiger partial charge in [-0.15, -0.1) is 0 Å². The predicted molar refractivity (Wildman–Crippen MR) is 65.8 cm³/mol. The molecule has 0 aliphatic carbocycles. The molecule has 8 heteroatoms. The van der Waals surface area contributed by atoms with Gasteiger partial charge in [-0.1, -0.05) is 0 Å². The first-order chi connectivity index (χ1) is 8.45. The van der Waals surface area contributed by atoms with E-state index >= 15 is 0 Å². The number of hydrogen-bond donors (Lipinski definition) is 3. The van der Waals surface area contributed by atoms with E-state index in [0.29, 0.717) is 12.2 Å². The van der Waals surface area contributed by atoms with Crippen molar-refractivity contribution in [3.63, 3.8) is 0 Å². The van der Waals surface area contributed by atoms with E-state index in [1.165, 1.54) is 18.5 Å². The molecule has 0 fully saturated rings. The van der Waals surface area contributed by atoms with E-state index in [1.54, 1.807) is 0 Å². The number of nitrogens with zero attached hydrogens (tertiary/aromatic N) is 1. The summed E-state index contributed by atoms with van der Waals surface area (Å²) in [6.07, 6.45) is 2.46. The van der Waals surface area contributed by atoms with Crippen LogP contribution >= 0.6 is 0 Å². The summed E-state index contributed by atoms with van der Waals surface area (Å²) in [5.74, 6) is -1.06. The molecule has 0 spiro atoms. The number of carboxylic acids is 1. The van der Waals surface area contributed by atoms with E-state index in [0.717, 1.165) is 0 Å². The number of aromatic nitrogens is 1. The maximum absolute atomic E-state index is 11.8. The molecule has 0 amide bonds. The minimum absolute atomic E-state index is 0.00587. The summed E-state index contributed by atoms with van der Waals surface area (Å²) in [7, 11) is -3.71. The number of rotatable bonds is 7. The lowest BCUT2D eigenvalue weighted by Gasteiger charge is -2.07. The van der Waals surface area contributed by atoms with Gasteiger partial charge in [-0.3, -0.25) is 9.78 Å². The summed E-state index contributed by atoms with van der Waals surface area (Å²) in [6.45, 7) is 2.38. The first-order valence-corrected chi connectivity index (χ1v) is 6.84. The van der Waals surface area contributed by atoms with Gasteiger partial charge in [0.15, 0.2) is 0 Å². The van der Waals surface area contributed by atoms with Crippen LogP contribution in [0.4, 0.5) is 5.69 Å². The molecule has 0 saturated heterocycles. The largest absolute Gasteiger partial charge is 0.481 e. The first-order valence-electron chi connectivity index (χ1n) is 5.36. The number of carbonyl (C=O) groups is 1. The number of nitrogens with one attached hydrogen (secondary N) is 2. The van der Waals surface area contributed by atoms with Gasteiger partial charge in [-0.25, -0.2) is 13.1 Å². The summed E-state index contributed by atoms with van der Waals surface area (Å²) in [5.41, 5.74) is 0.596. The molecule has 0 radical (unpaired) electrons. The Morgan fingerprint density at radius 3 is 2.78 bits per heavy atom. The Labute approximate surface area is 105 Å². The zero-order chi connectivity index (χ0) is 13.6. The molecule has 0 atom stereocenters. The van der Waals surface area contributed by atoms with Gasteiger partial charge in [0, 0.05) is 19.3 Å². The summed E-state index contributed by atoms with van der Waals surface area (Å²) in [5, 5.41) is 11.4. The fourth-order valence-electron chi connectivity index (χ4n) is 1.24. The number of hydrogen-bond acceptors (Lipinski definition) is 5. The standard InChI is InChI=1S/C10H15N3O4S/c1-2-12-8-5-9(7-11-6-8)18(16,17)13-4-3-10(14)15/h5-7,12-13H,2-4H2,1H3,(H,14,15). The Morgan fingerprint density at radius 2 is 2.17 bits per heavy atom. The molecule has 3 N–H and O–H groups in total. The molecule has 1 aromatic heterocycles. The second-order valence-electron chi connectivity index (χ2n) is 3.48. The predicted octanol–water partition coefficient (Wildman–Crippen LogP) is 0.266. The number of aliphatic carboxylic acids is 1. The SMILES string of the molecule is CCNc1cncc(S(=O)(=O)NCCC(=O)O)c1. The van der Waals surface area contributed by atoms with Crippen molar-refractivity contribution in [2.45, 2.75) is 18.2 Å². The van der Waals surface area contributed by atoms with Crippen LogP contribution in [-0.4, -0.2) is 37.6 Å². The maximum Gasteiger partial charge on any atom is 0.304 e. The molecule has 0 aromatic carbocycles. The average molecular weight is 273 g/mol. The molecular formula is C10H15N3O4S. The lowest BCUT2D eigenvalue weighted by Crippen LogP contribution is -2.26. The number of pyridine rings is 1. The van der Waals surface area contributed by atoms with Gasteiger partial charge >= 0.3 is 5.97 Å². The Balaban J connectivity index is 2.77. The highest BCUT2D eigenvalue weighted by molar-refractivity contribution is 7.89. The van der Waals surface area contributed by atoms with E-state index in [4.69, 9.17) is 5.11 Å². The van der Waals surface area contributed by atoms with Gasteiger partial charge in [-0.05, 0) is 13.0 Å². The Morgan fingerprint density at radius 1 is 1.44 bits per heavy atom. The van der Waals surface area contributed by atoms with Crippen LogP contribution in [0.25, 0.3) is 0 Å². The zero-order valence-electron chi connectivity index (χ0n) is 9.88. The van der Waals surface area contributed by atoms with Crippen LogP contribution in [0, 0.1) is 0 Å². The van der Waals surface area contributed by atoms with Crippen molar-refractivity contribution in [2.75, 3.05) is 18.4 Å². The highest BCUT2D eigenvalue weighted by Crippen LogP contribution is 2.12. The van der Waals surface area contributed by atoms with Crippen molar-refractivity contribution in [1.82, 2.24) is 9.71 Å². The van der Waals surface area contributed by atoms with Crippen LogP contribution in [0.1, 0.15) is 13.3 Å². The number of anilines is 1. The fraction of sp³-hybridized carbons (Fsp3) is 0.400. The third kappa shape index (κ3) is 4.30. The van der Waals surface area contributed by atoms with Gasteiger partial charge in [0.25, 0.3) is 0 Å². The summed E-state index contributed by atoms with van der Waals surface area (Å²) < 4.78 is 25.8. The van der Waals surface area contributed by atoms with Crippen LogP contribution < -0.4 is 10.0 Å². The van der Waals surface area contributed by atoms with Gasteiger partial charge < -0.3 is 10.4 Å². The van der Waals surface area contributed by atoms with Crippen molar-refractivity contribution in [3.8, 4) is 0 Å². The van der Waals surface area contributed by atoms with Crippen LogP contribution in [0.5, 0.6) is 0 Å². The topological polar surface area (TPSA) is 108 Å². The Hall–Kier alpha value is -1.67. The molecule has 0 bridgehead atoms. The van der Waals surface area contributed by atoms with Crippen LogP contribution in [0.15, 0.2) is 23.4 Å². The summed E-state index contributed by atoms with van der Waals surface area (Å²) >= 11 is 0. The summed E-state index contributed by atoms with van der Waals surface area (Å²) in [6, 6.07) is 1.44. The van der Waals surface area contributed by atoms with Crippen LogP contribution in [0.2, 0.25) is 0 Å². The normalized spacial score (nSPS) is 11.2. The molecule has 0 aliphatic rings. The van der Waals surface area contributed by atoms with E-state index in [1.807, 2.05) is 6.92 Å². The van der Waals surface area contributed by atoms with Gasteiger partial charge in [0.1, 0.15) is 4.90 Å². The third-order valence-corrected chi connectivity index (χ3v) is 3.46. The third-order valence-electron chi connectivity index (χ3n) is 2.04. The van der Waals surface area contributed by atoms with E-state index in [9.17, 15) is 13.2 Å². The molecule has 0 saturated carbocycles. The van der Waals surface area contributed by atoms with Crippen LogP contribution in [-0.2, 0) is 14.8 Å². The monoisotopic (exact) mass is 273 g/mol. The van der Waals surface area contributed by atoms with Gasteiger partial charge in [0.05, 0.1) is 18.3 Å². The minimum atomic E-state index is -3.71. The van der Waals surface area contributed by atoms with Crippen molar-refractivity contribution in [2.24, 2.45) is 0 Å². The molecular weight excluding hydrogens is 258 g/mol.